The molecule has 4 rings (SSSR count). The minimum Gasteiger partial charge on any atom is -0.454 e. The van der Waals surface area contributed by atoms with Crippen LogP contribution in [0.2, 0.25) is 0 Å². The molecule has 0 aromatic heterocycles. The van der Waals surface area contributed by atoms with E-state index in [0.29, 0.717) is 12.3 Å². The van der Waals surface area contributed by atoms with Gasteiger partial charge in [-0.05, 0) is 43.2 Å². The lowest BCUT2D eigenvalue weighted by Crippen LogP contribution is -2.29. The Bertz CT molecular complexity index is 937. The van der Waals surface area contributed by atoms with Crippen molar-refractivity contribution >= 4 is 11.4 Å². The molecule has 0 radical (unpaired) electrons. The first-order chi connectivity index (χ1) is 13.1. The van der Waals surface area contributed by atoms with Gasteiger partial charge in [0.1, 0.15) is 0 Å². The van der Waals surface area contributed by atoms with Gasteiger partial charge >= 0.3 is 0 Å². The topological polar surface area (TPSA) is 77.2 Å². The molecule has 2 aliphatic heterocycles. The van der Waals surface area contributed by atoms with E-state index in [9.17, 15) is 10.1 Å². The van der Waals surface area contributed by atoms with Crippen LogP contribution in [0.1, 0.15) is 23.6 Å². The van der Waals surface area contributed by atoms with Crippen LogP contribution in [0.15, 0.2) is 54.2 Å². The van der Waals surface area contributed by atoms with Gasteiger partial charge in [0.15, 0.2) is 11.5 Å². The number of fused-ring (bicyclic) bond motifs is 2. The highest BCUT2D eigenvalue weighted by atomic mass is 16.7. The summed E-state index contributed by atoms with van der Waals surface area (Å²) in [6.45, 7) is 6.75. The average molecular weight is 365 g/mol. The van der Waals surface area contributed by atoms with Crippen LogP contribution in [0.3, 0.4) is 0 Å². The first kappa shape index (κ1) is 17.1. The van der Waals surface area contributed by atoms with Crippen molar-refractivity contribution in [2.75, 3.05) is 13.3 Å². The van der Waals surface area contributed by atoms with Crippen molar-refractivity contribution in [2.45, 2.75) is 19.4 Å². The van der Waals surface area contributed by atoms with Gasteiger partial charge in [0.05, 0.1) is 17.2 Å². The Hall–Kier alpha value is -3.35. The van der Waals surface area contributed by atoms with E-state index in [1.54, 1.807) is 12.1 Å². The lowest BCUT2D eigenvalue weighted by molar-refractivity contribution is -0.384. The third-order valence-electron chi connectivity index (χ3n) is 4.77. The Morgan fingerprint density at radius 2 is 2.00 bits per heavy atom. The summed E-state index contributed by atoms with van der Waals surface area (Å²) < 4.78 is 11.1. The number of nitro benzene ring substituents is 1. The lowest BCUT2D eigenvalue weighted by atomic mass is 9.94. The second-order valence-corrected chi connectivity index (χ2v) is 6.58. The number of hydrogen-bond acceptors (Lipinski definition) is 6. The molecule has 2 heterocycles. The van der Waals surface area contributed by atoms with Crippen LogP contribution in [0.25, 0.3) is 0 Å². The lowest BCUT2D eigenvalue weighted by Gasteiger charge is -2.23. The van der Waals surface area contributed by atoms with Gasteiger partial charge in [-0.3, -0.25) is 15.1 Å². The van der Waals surface area contributed by atoms with Crippen molar-refractivity contribution in [3.05, 3.63) is 75.9 Å². The molecule has 0 bridgehead atoms. The number of hydrazone groups is 1. The maximum Gasteiger partial charge on any atom is 0.269 e. The summed E-state index contributed by atoms with van der Waals surface area (Å²) in [7, 11) is 0. The van der Waals surface area contributed by atoms with Crippen molar-refractivity contribution in [3.63, 3.8) is 0 Å². The summed E-state index contributed by atoms with van der Waals surface area (Å²) in [6, 6.07) is 10.6. The minimum absolute atomic E-state index is 0.0511. The molecule has 7 nitrogen and oxygen atoms in total. The van der Waals surface area contributed by atoms with Gasteiger partial charge < -0.3 is 9.47 Å². The predicted molar refractivity (Wildman–Crippen MR) is 101 cm³/mol. The molecule has 2 aromatic rings. The van der Waals surface area contributed by atoms with E-state index in [1.165, 1.54) is 12.1 Å². The van der Waals surface area contributed by atoms with Crippen molar-refractivity contribution in [3.8, 4) is 11.5 Å². The maximum absolute atomic E-state index is 11.0. The second-order valence-electron chi connectivity index (χ2n) is 6.58. The SMILES string of the molecule is C=CCN1N=C(c2ccc([N+](=O)[O-])cc2)c2cc3c(cc2CC1C)OCO3. The summed E-state index contributed by atoms with van der Waals surface area (Å²) in [5.74, 6) is 1.43. The molecule has 27 heavy (non-hydrogen) atoms. The van der Waals surface area contributed by atoms with Gasteiger partial charge in [-0.1, -0.05) is 6.08 Å². The van der Waals surface area contributed by atoms with E-state index in [1.807, 2.05) is 23.2 Å². The molecule has 1 atom stereocenters. The minimum atomic E-state index is -0.406. The summed E-state index contributed by atoms with van der Waals surface area (Å²) in [5, 5.41) is 17.8. The molecular formula is C20H19N3O4. The number of benzene rings is 2. The third kappa shape index (κ3) is 3.12. The standard InChI is InChI=1S/C20H19N3O4/c1-3-8-22-13(2)9-15-10-18-19(27-12-26-18)11-17(15)20(21-22)14-4-6-16(7-5-14)23(24)25/h3-7,10-11,13H,1,8-9,12H2,2H3. The zero-order chi connectivity index (χ0) is 19.0. The molecule has 0 fully saturated rings. The average Bonchev–Trinajstić information content (AvgIpc) is 3.07. The van der Waals surface area contributed by atoms with Crippen molar-refractivity contribution < 1.29 is 14.4 Å². The number of nitro groups is 1. The molecule has 1 unspecified atom stereocenters. The molecule has 2 aliphatic rings. The van der Waals surface area contributed by atoms with Crippen LogP contribution < -0.4 is 9.47 Å². The summed E-state index contributed by atoms with van der Waals surface area (Å²) in [6.07, 6.45) is 2.61. The fourth-order valence-corrected chi connectivity index (χ4v) is 3.39. The van der Waals surface area contributed by atoms with Crippen LogP contribution in [0, 0.1) is 10.1 Å². The Kier molecular flexibility index (Phi) is 4.27. The van der Waals surface area contributed by atoms with Crippen LogP contribution in [0.5, 0.6) is 11.5 Å². The van der Waals surface area contributed by atoms with Crippen molar-refractivity contribution in [1.29, 1.82) is 0 Å². The fourth-order valence-electron chi connectivity index (χ4n) is 3.39. The number of non-ortho nitro benzene ring substituents is 1. The summed E-state index contributed by atoms with van der Waals surface area (Å²) >= 11 is 0. The van der Waals surface area contributed by atoms with E-state index in [-0.39, 0.29) is 18.5 Å². The Labute approximate surface area is 156 Å². The first-order valence-electron chi connectivity index (χ1n) is 8.70. The zero-order valence-electron chi connectivity index (χ0n) is 14.9. The van der Waals surface area contributed by atoms with Crippen LogP contribution in [0.4, 0.5) is 5.69 Å². The van der Waals surface area contributed by atoms with Crippen LogP contribution >= 0.6 is 0 Å². The van der Waals surface area contributed by atoms with E-state index in [2.05, 4.69) is 13.5 Å². The van der Waals surface area contributed by atoms with E-state index < -0.39 is 4.92 Å². The second kappa shape index (κ2) is 6.75. The molecule has 7 heteroatoms. The molecule has 0 saturated carbocycles. The number of hydrogen-bond donors (Lipinski definition) is 0. The van der Waals surface area contributed by atoms with Gasteiger partial charge in [-0.25, -0.2) is 0 Å². The van der Waals surface area contributed by atoms with Gasteiger partial charge in [-0.15, -0.1) is 6.58 Å². The predicted octanol–water partition coefficient (Wildman–Crippen LogP) is 3.51. The first-order valence-corrected chi connectivity index (χ1v) is 8.70. The van der Waals surface area contributed by atoms with Gasteiger partial charge in [0.2, 0.25) is 6.79 Å². The van der Waals surface area contributed by atoms with E-state index >= 15 is 0 Å². The molecule has 0 amide bonds. The van der Waals surface area contributed by atoms with Gasteiger partial charge in [0, 0.05) is 29.3 Å². The molecule has 0 spiro atoms. The smallest absolute Gasteiger partial charge is 0.269 e. The number of nitrogens with zero attached hydrogens (tertiary/aromatic N) is 3. The van der Waals surface area contributed by atoms with E-state index in [0.717, 1.165) is 34.6 Å². The Morgan fingerprint density at radius 1 is 1.30 bits per heavy atom. The number of ether oxygens (including phenoxy) is 2. The molecule has 0 N–H and O–H groups in total. The summed E-state index contributed by atoms with van der Waals surface area (Å²) in [5.41, 5.74) is 3.67. The van der Waals surface area contributed by atoms with Gasteiger partial charge in [0.25, 0.3) is 5.69 Å². The quantitative estimate of drug-likeness (QED) is 0.471. The summed E-state index contributed by atoms with van der Waals surface area (Å²) in [4.78, 5) is 10.6. The normalized spacial score (nSPS) is 17.7. The van der Waals surface area contributed by atoms with Crippen LogP contribution in [-0.2, 0) is 6.42 Å². The zero-order valence-corrected chi connectivity index (χ0v) is 14.9. The Balaban J connectivity index is 1.86. The molecule has 138 valence electrons. The molecular weight excluding hydrogens is 346 g/mol. The Morgan fingerprint density at radius 3 is 2.67 bits per heavy atom. The van der Waals surface area contributed by atoms with Crippen molar-refractivity contribution in [2.24, 2.45) is 5.10 Å². The highest BCUT2D eigenvalue weighted by Crippen LogP contribution is 2.37. The van der Waals surface area contributed by atoms with Gasteiger partial charge in [-0.2, -0.15) is 5.10 Å². The number of rotatable bonds is 4. The highest BCUT2D eigenvalue weighted by Gasteiger charge is 2.26. The fraction of sp³-hybridized carbons (Fsp3) is 0.250. The third-order valence-corrected chi connectivity index (χ3v) is 4.77. The molecule has 0 aliphatic carbocycles. The largest absolute Gasteiger partial charge is 0.454 e. The van der Waals surface area contributed by atoms with E-state index in [4.69, 9.17) is 14.6 Å². The molecule has 2 aromatic carbocycles. The maximum atomic E-state index is 11.0. The highest BCUT2D eigenvalue weighted by molar-refractivity contribution is 6.14. The monoisotopic (exact) mass is 365 g/mol. The molecule has 0 saturated heterocycles. The van der Waals surface area contributed by atoms with Crippen LogP contribution in [-0.4, -0.2) is 35.0 Å². The van der Waals surface area contributed by atoms with Crippen molar-refractivity contribution in [1.82, 2.24) is 5.01 Å².